The fourth-order valence-electron chi connectivity index (χ4n) is 4.26. The van der Waals surface area contributed by atoms with Gasteiger partial charge in [0.2, 0.25) is 0 Å². The van der Waals surface area contributed by atoms with E-state index in [1.54, 1.807) is 42.6 Å². The third-order valence-electron chi connectivity index (χ3n) is 6.05. The summed E-state index contributed by atoms with van der Waals surface area (Å²) in [4.78, 5) is 16.9. The van der Waals surface area contributed by atoms with Gasteiger partial charge in [-0.05, 0) is 72.9 Å². The van der Waals surface area contributed by atoms with Crippen LogP contribution in [0.1, 0.15) is 47.2 Å². The molecule has 2 atom stereocenters. The maximum atomic E-state index is 13.8. The summed E-state index contributed by atoms with van der Waals surface area (Å²) in [5.74, 6) is -0.137. The topological polar surface area (TPSA) is 81.1 Å². The van der Waals surface area contributed by atoms with Crippen molar-refractivity contribution >= 4 is 16.8 Å². The summed E-state index contributed by atoms with van der Waals surface area (Å²) in [6.45, 7) is 4.17. The van der Waals surface area contributed by atoms with Crippen LogP contribution >= 0.6 is 0 Å². The van der Waals surface area contributed by atoms with E-state index in [0.717, 1.165) is 35.9 Å². The molecule has 6 nitrogen and oxygen atoms in total. The Labute approximate surface area is 187 Å². The Kier molecular flexibility index (Phi) is 6.74. The fraction of sp³-hybridized carbons (Fsp3) is 0.320. The van der Waals surface area contributed by atoms with Crippen LogP contribution in [0.4, 0.5) is 4.39 Å². The smallest absolute Gasteiger partial charge is 0.265 e. The summed E-state index contributed by atoms with van der Waals surface area (Å²) in [7, 11) is 0. The molecule has 1 aliphatic heterocycles. The second-order valence-corrected chi connectivity index (χ2v) is 8.11. The Morgan fingerprint density at radius 2 is 2.06 bits per heavy atom. The van der Waals surface area contributed by atoms with Crippen molar-refractivity contribution in [3.05, 3.63) is 77.2 Å². The number of amides is 1. The minimum atomic E-state index is -0.245. The number of carbonyl (C=O) groups excluding carboxylic acids is 1. The molecule has 0 aliphatic carbocycles. The number of halogens is 1. The highest BCUT2D eigenvalue weighted by molar-refractivity contribution is 5.93. The van der Waals surface area contributed by atoms with Crippen molar-refractivity contribution in [2.24, 2.45) is 0 Å². The number of nitrogens with one attached hydrogen (secondary N) is 2. The monoisotopic (exact) mass is 431 g/mol. The van der Waals surface area contributed by atoms with E-state index in [1.807, 2.05) is 18.0 Å². The third-order valence-corrected chi connectivity index (χ3v) is 6.05. The SMILES string of the molecule is CCN(CC1CCC(c2ccnc3ccc(F)cc23)CN1)NC(=O)c1ccc(C#N)cc1. The van der Waals surface area contributed by atoms with Gasteiger partial charge in [-0.15, -0.1) is 0 Å². The van der Waals surface area contributed by atoms with Gasteiger partial charge in [0.1, 0.15) is 5.82 Å². The van der Waals surface area contributed by atoms with E-state index in [-0.39, 0.29) is 17.8 Å². The van der Waals surface area contributed by atoms with Crippen LogP contribution in [0.25, 0.3) is 10.9 Å². The highest BCUT2D eigenvalue weighted by atomic mass is 19.1. The van der Waals surface area contributed by atoms with Gasteiger partial charge in [-0.3, -0.25) is 15.2 Å². The number of nitriles is 1. The van der Waals surface area contributed by atoms with E-state index < -0.39 is 0 Å². The zero-order valence-corrected chi connectivity index (χ0v) is 18.0. The minimum absolute atomic E-state index is 0.185. The summed E-state index contributed by atoms with van der Waals surface area (Å²) in [6, 6.07) is 15.6. The largest absolute Gasteiger partial charge is 0.312 e. The minimum Gasteiger partial charge on any atom is -0.312 e. The van der Waals surface area contributed by atoms with Gasteiger partial charge in [0.25, 0.3) is 5.91 Å². The summed E-state index contributed by atoms with van der Waals surface area (Å²) in [6.07, 6.45) is 3.72. The average molecular weight is 432 g/mol. The molecule has 0 radical (unpaired) electrons. The van der Waals surface area contributed by atoms with Crippen molar-refractivity contribution in [3.63, 3.8) is 0 Å². The fourth-order valence-corrected chi connectivity index (χ4v) is 4.26. The number of piperidine rings is 1. The van der Waals surface area contributed by atoms with E-state index in [2.05, 4.69) is 21.8 Å². The quantitative estimate of drug-likeness (QED) is 0.581. The number of benzene rings is 2. The van der Waals surface area contributed by atoms with Crippen LogP contribution in [-0.4, -0.2) is 41.6 Å². The maximum absolute atomic E-state index is 13.8. The lowest BCUT2D eigenvalue weighted by Gasteiger charge is -2.34. The van der Waals surface area contributed by atoms with Crippen LogP contribution in [0.15, 0.2) is 54.7 Å². The van der Waals surface area contributed by atoms with Crippen molar-refractivity contribution in [1.29, 1.82) is 5.26 Å². The summed E-state index contributed by atoms with van der Waals surface area (Å²) >= 11 is 0. The van der Waals surface area contributed by atoms with Gasteiger partial charge in [-0.1, -0.05) is 6.92 Å². The van der Waals surface area contributed by atoms with Gasteiger partial charge in [-0.25, -0.2) is 9.40 Å². The number of carbonyl (C=O) groups is 1. The number of hydrogen-bond donors (Lipinski definition) is 2. The van der Waals surface area contributed by atoms with Crippen LogP contribution in [0.5, 0.6) is 0 Å². The highest BCUT2D eigenvalue weighted by Gasteiger charge is 2.25. The van der Waals surface area contributed by atoms with Gasteiger partial charge < -0.3 is 5.32 Å². The molecule has 1 saturated heterocycles. The average Bonchev–Trinajstić information content (AvgIpc) is 2.83. The molecule has 3 aromatic rings. The zero-order valence-electron chi connectivity index (χ0n) is 18.0. The molecule has 0 bridgehead atoms. The molecule has 2 aromatic carbocycles. The lowest BCUT2D eigenvalue weighted by molar-refractivity contribution is 0.0770. The molecule has 7 heteroatoms. The van der Waals surface area contributed by atoms with E-state index in [1.165, 1.54) is 6.07 Å². The molecular formula is C25H26FN5O. The number of nitrogens with zero attached hydrogens (tertiary/aromatic N) is 3. The van der Waals surface area contributed by atoms with Gasteiger partial charge in [-0.2, -0.15) is 5.26 Å². The molecular weight excluding hydrogens is 405 g/mol. The van der Waals surface area contributed by atoms with Crippen molar-refractivity contribution in [2.45, 2.75) is 31.7 Å². The first-order chi connectivity index (χ1) is 15.6. The van der Waals surface area contributed by atoms with E-state index in [4.69, 9.17) is 5.26 Å². The number of aromatic nitrogens is 1. The molecule has 2 N–H and O–H groups in total. The van der Waals surface area contributed by atoms with E-state index in [0.29, 0.717) is 30.1 Å². The van der Waals surface area contributed by atoms with Crippen molar-refractivity contribution in [1.82, 2.24) is 20.7 Å². The van der Waals surface area contributed by atoms with Gasteiger partial charge in [0.15, 0.2) is 0 Å². The van der Waals surface area contributed by atoms with E-state index >= 15 is 0 Å². The Hall–Kier alpha value is -3.34. The molecule has 32 heavy (non-hydrogen) atoms. The van der Waals surface area contributed by atoms with Gasteiger partial charge in [0, 0.05) is 42.8 Å². The van der Waals surface area contributed by atoms with Crippen LogP contribution < -0.4 is 10.7 Å². The van der Waals surface area contributed by atoms with Crippen LogP contribution in [0.2, 0.25) is 0 Å². The van der Waals surface area contributed by atoms with Crippen LogP contribution in [-0.2, 0) is 0 Å². The van der Waals surface area contributed by atoms with Crippen molar-refractivity contribution in [2.75, 3.05) is 19.6 Å². The molecule has 1 aromatic heterocycles. The highest BCUT2D eigenvalue weighted by Crippen LogP contribution is 2.30. The molecule has 0 spiro atoms. The first-order valence-corrected chi connectivity index (χ1v) is 10.9. The number of hydrogen-bond acceptors (Lipinski definition) is 5. The standard InChI is InChI=1S/C25H26FN5O/c1-2-31(30-25(32)18-5-3-17(14-27)4-6-18)16-21-9-7-19(15-29-21)22-11-12-28-24-10-8-20(26)13-23(22)24/h3-6,8,10-13,19,21,29H,2,7,9,15-16H2,1H3,(H,30,32). The van der Waals surface area contributed by atoms with E-state index in [9.17, 15) is 9.18 Å². The first-order valence-electron chi connectivity index (χ1n) is 10.9. The predicted molar refractivity (Wildman–Crippen MR) is 121 cm³/mol. The van der Waals surface area contributed by atoms with Gasteiger partial charge in [0.05, 0.1) is 17.1 Å². The lowest BCUT2D eigenvalue weighted by Crippen LogP contribution is -2.51. The Morgan fingerprint density at radius 1 is 1.25 bits per heavy atom. The number of pyridine rings is 1. The van der Waals surface area contributed by atoms with Crippen LogP contribution in [0, 0.1) is 17.1 Å². The predicted octanol–water partition coefficient (Wildman–Crippen LogP) is 3.75. The van der Waals surface area contributed by atoms with Crippen molar-refractivity contribution < 1.29 is 9.18 Å². The Bertz CT molecular complexity index is 1130. The summed E-state index contributed by atoms with van der Waals surface area (Å²) in [5, 5.41) is 15.3. The number of rotatable bonds is 6. The second kappa shape index (κ2) is 9.86. The molecule has 164 valence electrons. The second-order valence-electron chi connectivity index (χ2n) is 8.11. The number of hydrazine groups is 1. The van der Waals surface area contributed by atoms with Gasteiger partial charge >= 0.3 is 0 Å². The maximum Gasteiger partial charge on any atom is 0.265 e. The normalized spacial score (nSPS) is 18.4. The summed E-state index contributed by atoms with van der Waals surface area (Å²) in [5.41, 5.74) is 5.95. The Balaban J connectivity index is 1.35. The first kappa shape index (κ1) is 21.9. The van der Waals surface area contributed by atoms with Crippen molar-refractivity contribution in [3.8, 4) is 6.07 Å². The molecule has 0 saturated carbocycles. The molecule has 1 fully saturated rings. The third kappa shape index (κ3) is 4.93. The number of fused-ring (bicyclic) bond motifs is 1. The molecule has 1 amide bonds. The molecule has 2 unspecified atom stereocenters. The molecule has 1 aliphatic rings. The molecule has 4 rings (SSSR count). The summed E-state index contributed by atoms with van der Waals surface area (Å²) < 4.78 is 13.8. The molecule has 2 heterocycles. The lowest BCUT2D eigenvalue weighted by atomic mass is 9.87. The Morgan fingerprint density at radius 3 is 2.75 bits per heavy atom. The number of likely N-dealkylation sites (N-methyl/N-ethyl adjacent to an activating group) is 1. The van der Waals surface area contributed by atoms with Crippen LogP contribution in [0.3, 0.4) is 0 Å². The zero-order chi connectivity index (χ0) is 22.5.